The van der Waals surface area contributed by atoms with E-state index in [1.165, 1.54) is 12.7 Å². The van der Waals surface area contributed by atoms with Gasteiger partial charge in [-0.2, -0.15) is 0 Å². The lowest BCUT2D eigenvalue weighted by Crippen LogP contribution is -2.57. The third kappa shape index (κ3) is 12.8. The molecule has 1 aliphatic carbocycles. The normalized spacial score (nSPS) is 17.4. The average Bonchev–Trinajstić information content (AvgIpc) is 3.52. The average molecular weight is 640 g/mol. The number of amides is 3. The summed E-state index contributed by atoms with van der Waals surface area (Å²) in [5.41, 5.74) is 0.775. The lowest BCUT2D eigenvalue weighted by atomic mass is 9.80. The van der Waals surface area contributed by atoms with Crippen molar-refractivity contribution in [2.45, 2.75) is 136 Å². The second kappa shape index (κ2) is 18.1. The highest BCUT2D eigenvalue weighted by Gasteiger charge is 2.33. The number of aromatic amines is 1. The van der Waals surface area contributed by atoms with Crippen molar-refractivity contribution in [3.63, 3.8) is 0 Å². The zero-order valence-electron chi connectivity index (χ0n) is 28.7. The van der Waals surface area contributed by atoms with Crippen LogP contribution in [0.15, 0.2) is 42.9 Å². The Morgan fingerprint density at radius 2 is 1.63 bits per heavy atom. The number of aliphatic hydroxyl groups excluding tert-OH is 1. The molecule has 0 unspecified atom stereocenters. The maximum absolute atomic E-state index is 14.1. The van der Waals surface area contributed by atoms with E-state index in [0.29, 0.717) is 36.3 Å². The van der Waals surface area contributed by atoms with Gasteiger partial charge in [0.05, 0.1) is 18.5 Å². The molecular formula is C36H57N5O5. The largest absolute Gasteiger partial charge is 0.444 e. The summed E-state index contributed by atoms with van der Waals surface area (Å²) in [7, 11) is 0. The summed E-state index contributed by atoms with van der Waals surface area (Å²) in [4.78, 5) is 47.8. The number of alkyl carbamates (subject to hydrolysis) is 1. The van der Waals surface area contributed by atoms with Crippen molar-refractivity contribution in [3.8, 4) is 0 Å². The van der Waals surface area contributed by atoms with E-state index in [4.69, 9.17) is 4.74 Å². The summed E-state index contributed by atoms with van der Waals surface area (Å²) in [6, 6.07) is 6.97. The summed E-state index contributed by atoms with van der Waals surface area (Å²) in [5.74, 6) is 0.290. The second-order valence-electron chi connectivity index (χ2n) is 14.3. The molecule has 10 heteroatoms. The molecule has 2 aromatic rings. The summed E-state index contributed by atoms with van der Waals surface area (Å²) in [5, 5.41) is 20.3. The summed E-state index contributed by atoms with van der Waals surface area (Å²) in [6.45, 7) is 11.7. The van der Waals surface area contributed by atoms with Crippen LogP contribution < -0.4 is 16.0 Å². The summed E-state index contributed by atoms with van der Waals surface area (Å²) in [6.07, 6.45) is 10.1. The molecule has 1 aromatic carbocycles. The van der Waals surface area contributed by atoms with Gasteiger partial charge in [-0.25, -0.2) is 9.78 Å². The van der Waals surface area contributed by atoms with E-state index in [9.17, 15) is 19.5 Å². The molecule has 0 bridgehead atoms. The first-order valence-electron chi connectivity index (χ1n) is 17.1. The monoisotopic (exact) mass is 639 g/mol. The van der Waals surface area contributed by atoms with Crippen molar-refractivity contribution in [3.05, 3.63) is 54.1 Å². The number of imidazole rings is 1. The van der Waals surface area contributed by atoms with Gasteiger partial charge in [-0.05, 0) is 56.9 Å². The maximum atomic E-state index is 14.1. The Bertz CT molecular complexity index is 1190. The van der Waals surface area contributed by atoms with Crippen LogP contribution in [0.25, 0.3) is 0 Å². The van der Waals surface area contributed by atoms with E-state index in [2.05, 4.69) is 46.7 Å². The Morgan fingerprint density at radius 3 is 2.22 bits per heavy atom. The second-order valence-corrected chi connectivity index (χ2v) is 14.3. The minimum absolute atomic E-state index is 0.165. The van der Waals surface area contributed by atoms with Crippen LogP contribution in [-0.2, 0) is 27.2 Å². The van der Waals surface area contributed by atoms with Crippen LogP contribution in [0.5, 0.6) is 0 Å². The molecule has 1 fully saturated rings. The number of rotatable bonds is 16. The molecule has 3 rings (SSSR count). The van der Waals surface area contributed by atoms with Gasteiger partial charge in [0.15, 0.2) is 0 Å². The molecule has 5 atom stereocenters. The van der Waals surface area contributed by atoms with Crippen LogP contribution in [0.4, 0.5) is 4.79 Å². The number of carbonyl (C=O) groups is 3. The van der Waals surface area contributed by atoms with Gasteiger partial charge in [0.25, 0.3) is 0 Å². The number of nitrogens with zero attached hydrogens (tertiary/aromatic N) is 1. The molecule has 0 radical (unpaired) electrons. The zero-order valence-corrected chi connectivity index (χ0v) is 28.7. The van der Waals surface area contributed by atoms with Crippen molar-refractivity contribution in [2.75, 3.05) is 0 Å². The molecule has 5 N–H and O–H groups in total. The maximum Gasteiger partial charge on any atom is 0.408 e. The number of ether oxygens (including phenoxy) is 1. The molecule has 0 aliphatic heterocycles. The van der Waals surface area contributed by atoms with E-state index in [-0.39, 0.29) is 18.7 Å². The minimum atomic E-state index is -0.991. The third-order valence-corrected chi connectivity index (χ3v) is 9.02. The van der Waals surface area contributed by atoms with Crippen LogP contribution in [0.1, 0.15) is 104 Å². The highest BCUT2D eigenvalue weighted by Crippen LogP contribution is 2.30. The highest BCUT2D eigenvalue weighted by molar-refractivity contribution is 5.91. The fourth-order valence-electron chi connectivity index (χ4n) is 6.37. The SMILES string of the molecule is CC[C@@H](C[C@H](O)[C@H](CC1CCCCC1)NC(=O)[C@H](Cc1cnc[nH]1)NC(=O)[C@H](Cc1ccccc1)NC(=O)OC(C)(C)C)C(C)C. The highest BCUT2D eigenvalue weighted by atomic mass is 16.6. The van der Waals surface area contributed by atoms with E-state index in [0.717, 1.165) is 37.7 Å². The first-order chi connectivity index (χ1) is 21.8. The quantitative estimate of drug-likeness (QED) is 0.165. The molecule has 3 amide bonds. The number of hydrogen-bond acceptors (Lipinski definition) is 6. The smallest absolute Gasteiger partial charge is 0.408 e. The molecule has 0 saturated heterocycles. The van der Waals surface area contributed by atoms with Gasteiger partial charge in [0.2, 0.25) is 11.8 Å². The predicted molar refractivity (Wildman–Crippen MR) is 180 cm³/mol. The lowest BCUT2D eigenvalue weighted by molar-refractivity contribution is -0.131. The first-order valence-corrected chi connectivity index (χ1v) is 17.1. The van der Waals surface area contributed by atoms with Crippen molar-refractivity contribution >= 4 is 17.9 Å². The number of aromatic nitrogens is 2. The number of H-pyrrole nitrogens is 1. The topological polar surface area (TPSA) is 145 Å². The van der Waals surface area contributed by atoms with Gasteiger partial charge < -0.3 is 30.8 Å². The van der Waals surface area contributed by atoms with E-state index >= 15 is 0 Å². The standard InChI is InChI=1S/C36H57N5O5/c1-7-27(24(2)3)20-32(42)29(18-25-14-10-8-11-15-25)39-34(44)31(21-28-22-37-23-38-28)40-33(43)30(19-26-16-12-9-13-17-26)41-35(45)46-36(4,5)6/h9,12-13,16-17,22-25,27,29-32,42H,7-8,10-11,14-15,18-21H2,1-6H3,(H,37,38)(H,39,44)(H,40,43)(H,41,45)/t27-,29-,30-,31-,32-/m0/s1. The first kappa shape index (κ1) is 37.1. The van der Waals surface area contributed by atoms with Crippen molar-refractivity contribution in [1.82, 2.24) is 25.9 Å². The van der Waals surface area contributed by atoms with Gasteiger partial charge in [0, 0.05) is 24.7 Å². The number of aliphatic hydroxyl groups is 1. The van der Waals surface area contributed by atoms with Crippen molar-refractivity contribution in [1.29, 1.82) is 0 Å². The van der Waals surface area contributed by atoms with Crippen LogP contribution in [0, 0.1) is 17.8 Å². The Balaban J connectivity index is 1.83. The Morgan fingerprint density at radius 1 is 0.978 bits per heavy atom. The van der Waals surface area contributed by atoms with Crippen LogP contribution in [0.2, 0.25) is 0 Å². The predicted octanol–water partition coefficient (Wildman–Crippen LogP) is 5.46. The Hall–Kier alpha value is -3.40. The number of carbonyl (C=O) groups excluding carboxylic acids is 3. The van der Waals surface area contributed by atoms with Gasteiger partial charge in [-0.15, -0.1) is 0 Å². The van der Waals surface area contributed by atoms with Gasteiger partial charge in [0.1, 0.15) is 17.7 Å². The molecule has 1 saturated carbocycles. The van der Waals surface area contributed by atoms with E-state index < -0.39 is 41.8 Å². The molecule has 46 heavy (non-hydrogen) atoms. The van der Waals surface area contributed by atoms with Gasteiger partial charge in [-0.1, -0.05) is 89.6 Å². The van der Waals surface area contributed by atoms with E-state index in [1.807, 2.05) is 30.3 Å². The number of benzene rings is 1. The molecule has 1 heterocycles. The molecule has 0 spiro atoms. The third-order valence-electron chi connectivity index (χ3n) is 9.02. The zero-order chi connectivity index (χ0) is 33.7. The van der Waals surface area contributed by atoms with Crippen LogP contribution in [-0.4, -0.2) is 62.8 Å². The van der Waals surface area contributed by atoms with Crippen LogP contribution in [0.3, 0.4) is 0 Å². The van der Waals surface area contributed by atoms with Crippen molar-refractivity contribution in [2.24, 2.45) is 17.8 Å². The molecule has 1 aliphatic rings. The molecule has 10 nitrogen and oxygen atoms in total. The Labute approximate surface area is 275 Å². The summed E-state index contributed by atoms with van der Waals surface area (Å²) >= 11 is 0. The van der Waals surface area contributed by atoms with Crippen molar-refractivity contribution < 1.29 is 24.2 Å². The van der Waals surface area contributed by atoms with Crippen LogP contribution >= 0.6 is 0 Å². The lowest BCUT2D eigenvalue weighted by Gasteiger charge is -2.33. The number of nitrogens with one attached hydrogen (secondary N) is 4. The number of hydrogen-bond donors (Lipinski definition) is 5. The molecule has 1 aromatic heterocycles. The summed E-state index contributed by atoms with van der Waals surface area (Å²) < 4.78 is 5.45. The Kier molecular flexibility index (Phi) is 14.6. The van der Waals surface area contributed by atoms with E-state index in [1.54, 1.807) is 27.0 Å². The van der Waals surface area contributed by atoms with Gasteiger partial charge >= 0.3 is 6.09 Å². The molecular weight excluding hydrogens is 582 g/mol. The fraction of sp³-hybridized carbons (Fsp3) is 0.667. The van der Waals surface area contributed by atoms with Gasteiger partial charge in [-0.3, -0.25) is 9.59 Å². The molecule has 256 valence electrons. The minimum Gasteiger partial charge on any atom is -0.444 e. The fourth-order valence-corrected chi connectivity index (χ4v) is 6.37.